The zero-order valence-electron chi connectivity index (χ0n) is 17.9. The number of anilines is 3. The summed E-state index contributed by atoms with van der Waals surface area (Å²) in [6, 6.07) is 19.9. The van der Waals surface area contributed by atoms with Crippen molar-refractivity contribution in [2.24, 2.45) is 0 Å². The number of hydrogen-bond donors (Lipinski definition) is 2. The average Bonchev–Trinajstić information content (AvgIpc) is 2.80. The fourth-order valence-corrected chi connectivity index (χ4v) is 3.68. The predicted octanol–water partition coefficient (Wildman–Crippen LogP) is 4.41. The normalized spacial score (nSPS) is 14.8. The number of aryl methyl sites for hydroxylation is 1. The minimum Gasteiger partial charge on any atom is -0.484 e. The lowest BCUT2D eigenvalue weighted by Crippen LogP contribution is -2.53. The van der Waals surface area contributed by atoms with E-state index in [9.17, 15) is 14.4 Å². The third-order valence-electron chi connectivity index (χ3n) is 5.19. The number of nitrogens with one attached hydrogen (secondary N) is 2. The molecule has 4 rings (SSSR count). The first-order valence-electron chi connectivity index (χ1n) is 10.4. The number of amides is 3. The first-order chi connectivity index (χ1) is 15.9. The Hall–Kier alpha value is -3.84. The van der Waals surface area contributed by atoms with E-state index < -0.39 is 23.8 Å². The zero-order valence-corrected chi connectivity index (χ0v) is 18.6. The second kappa shape index (κ2) is 9.75. The Kier molecular flexibility index (Phi) is 6.60. The summed E-state index contributed by atoms with van der Waals surface area (Å²) in [5.74, 6) is -0.736. The van der Waals surface area contributed by atoms with Gasteiger partial charge in [0.05, 0.1) is 17.8 Å². The highest BCUT2D eigenvalue weighted by Crippen LogP contribution is 2.33. The molecule has 0 radical (unpaired) electrons. The summed E-state index contributed by atoms with van der Waals surface area (Å²) in [4.78, 5) is 40.1. The highest BCUT2D eigenvalue weighted by atomic mass is 35.5. The number of rotatable bonds is 6. The third-order valence-corrected chi connectivity index (χ3v) is 5.45. The van der Waals surface area contributed by atoms with Crippen LogP contribution < -0.4 is 20.3 Å². The maximum Gasteiger partial charge on any atom is 0.265 e. The summed E-state index contributed by atoms with van der Waals surface area (Å²) < 4.78 is 5.65. The highest BCUT2D eigenvalue weighted by Gasteiger charge is 2.38. The number of carbonyl (C=O) groups is 3. The van der Waals surface area contributed by atoms with Crippen LogP contribution in [0.3, 0.4) is 0 Å². The van der Waals surface area contributed by atoms with E-state index in [1.165, 1.54) is 4.90 Å². The standard InChI is InChI=1S/C25H22ClN3O4/c1-16-6-12-19(13-7-16)33-15-24(31)29-21-5-3-2-4-20(21)28-25(32)22(29)14-23(30)27-18-10-8-17(26)9-11-18/h2-13,22H,14-15H2,1H3,(H,27,30)(H,28,32)/t22-/m1/s1. The molecule has 0 saturated heterocycles. The summed E-state index contributed by atoms with van der Waals surface area (Å²) in [7, 11) is 0. The van der Waals surface area contributed by atoms with E-state index in [4.69, 9.17) is 16.3 Å². The van der Waals surface area contributed by atoms with Gasteiger partial charge in [0.15, 0.2) is 6.61 Å². The summed E-state index contributed by atoms with van der Waals surface area (Å²) in [6.45, 7) is 1.68. The fraction of sp³-hybridized carbons (Fsp3) is 0.160. The minimum absolute atomic E-state index is 0.223. The quantitative estimate of drug-likeness (QED) is 0.566. The number of para-hydroxylation sites is 2. The SMILES string of the molecule is Cc1ccc(OCC(=O)N2c3ccccc3NC(=O)[C@H]2CC(=O)Nc2ccc(Cl)cc2)cc1. The van der Waals surface area contributed by atoms with Crippen LogP contribution in [0.5, 0.6) is 5.75 Å². The van der Waals surface area contributed by atoms with Gasteiger partial charge in [0.2, 0.25) is 11.8 Å². The van der Waals surface area contributed by atoms with Crippen molar-refractivity contribution in [1.29, 1.82) is 0 Å². The molecule has 8 heteroatoms. The Balaban J connectivity index is 1.53. The summed E-state index contributed by atoms with van der Waals surface area (Å²) in [5.41, 5.74) is 2.63. The van der Waals surface area contributed by atoms with Crippen LogP contribution in [0, 0.1) is 6.92 Å². The van der Waals surface area contributed by atoms with E-state index in [0.29, 0.717) is 27.8 Å². The summed E-state index contributed by atoms with van der Waals surface area (Å²) >= 11 is 5.88. The number of benzene rings is 3. The Morgan fingerprint density at radius 3 is 2.45 bits per heavy atom. The lowest BCUT2D eigenvalue weighted by atomic mass is 10.0. The molecule has 3 aromatic rings. The fourth-order valence-electron chi connectivity index (χ4n) is 3.55. The monoisotopic (exact) mass is 463 g/mol. The van der Waals surface area contributed by atoms with Crippen molar-refractivity contribution < 1.29 is 19.1 Å². The topological polar surface area (TPSA) is 87.7 Å². The predicted molar refractivity (Wildman–Crippen MR) is 128 cm³/mol. The second-order valence-corrected chi connectivity index (χ2v) is 8.08. The lowest BCUT2D eigenvalue weighted by Gasteiger charge is -2.36. The van der Waals surface area contributed by atoms with E-state index in [1.54, 1.807) is 60.7 Å². The number of hydrogen-bond acceptors (Lipinski definition) is 4. The van der Waals surface area contributed by atoms with Crippen LogP contribution in [-0.4, -0.2) is 30.4 Å². The number of halogens is 1. The molecule has 1 aliphatic rings. The number of ether oxygens (including phenoxy) is 1. The van der Waals surface area contributed by atoms with Gasteiger partial charge in [-0.1, -0.05) is 41.4 Å². The third kappa shape index (κ3) is 5.32. The number of nitrogens with zero attached hydrogens (tertiary/aromatic N) is 1. The first-order valence-corrected chi connectivity index (χ1v) is 10.8. The summed E-state index contributed by atoms with van der Waals surface area (Å²) in [5, 5.41) is 6.06. The molecule has 33 heavy (non-hydrogen) atoms. The van der Waals surface area contributed by atoms with Crippen molar-refractivity contribution in [2.75, 3.05) is 22.1 Å². The van der Waals surface area contributed by atoms with Crippen LogP contribution in [0.1, 0.15) is 12.0 Å². The molecular weight excluding hydrogens is 442 g/mol. The second-order valence-electron chi connectivity index (χ2n) is 7.65. The van der Waals surface area contributed by atoms with Crippen molar-refractivity contribution in [3.8, 4) is 5.75 Å². The number of fused-ring (bicyclic) bond motifs is 1. The molecule has 168 valence electrons. The molecule has 2 N–H and O–H groups in total. The van der Waals surface area contributed by atoms with E-state index in [2.05, 4.69) is 10.6 Å². The smallest absolute Gasteiger partial charge is 0.265 e. The molecule has 0 saturated carbocycles. The van der Waals surface area contributed by atoms with E-state index in [-0.39, 0.29) is 13.0 Å². The van der Waals surface area contributed by atoms with Crippen molar-refractivity contribution in [3.05, 3.63) is 83.4 Å². The molecule has 3 amide bonds. The molecule has 0 aliphatic carbocycles. The van der Waals surface area contributed by atoms with E-state index in [0.717, 1.165) is 5.56 Å². The van der Waals surface area contributed by atoms with Crippen LogP contribution in [-0.2, 0) is 14.4 Å². The molecule has 0 bridgehead atoms. The maximum absolute atomic E-state index is 13.2. The molecule has 1 atom stereocenters. The van der Waals surface area contributed by atoms with Gasteiger partial charge in [0.1, 0.15) is 11.8 Å². The van der Waals surface area contributed by atoms with Gasteiger partial charge in [-0.2, -0.15) is 0 Å². The zero-order chi connectivity index (χ0) is 23.4. The Labute approximate surface area is 196 Å². The van der Waals surface area contributed by atoms with Crippen LogP contribution >= 0.6 is 11.6 Å². The summed E-state index contributed by atoms with van der Waals surface area (Å²) in [6.07, 6.45) is -0.223. The molecule has 0 spiro atoms. The van der Waals surface area contributed by atoms with Gasteiger partial charge in [0.25, 0.3) is 5.91 Å². The molecule has 0 fully saturated rings. The van der Waals surface area contributed by atoms with Crippen LogP contribution in [0.15, 0.2) is 72.8 Å². The molecule has 0 aromatic heterocycles. The molecule has 7 nitrogen and oxygen atoms in total. The minimum atomic E-state index is -1.03. The average molecular weight is 464 g/mol. The van der Waals surface area contributed by atoms with Crippen molar-refractivity contribution in [2.45, 2.75) is 19.4 Å². The lowest BCUT2D eigenvalue weighted by molar-refractivity contribution is -0.127. The highest BCUT2D eigenvalue weighted by molar-refractivity contribution is 6.30. The van der Waals surface area contributed by atoms with Crippen molar-refractivity contribution in [1.82, 2.24) is 0 Å². The van der Waals surface area contributed by atoms with Crippen LogP contribution in [0.2, 0.25) is 5.02 Å². The maximum atomic E-state index is 13.2. The van der Waals surface area contributed by atoms with Crippen LogP contribution in [0.4, 0.5) is 17.1 Å². The number of carbonyl (C=O) groups excluding carboxylic acids is 3. The molecule has 3 aromatic carbocycles. The van der Waals surface area contributed by atoms with Crippen molar-refractivity contribution in [3.63, 3.8) is 0 Å². The van der Waals surface area contributed by atoms with Gasteiger partial charge < -0.3 is 15.4 Å². The van der Waals surface area contributed by atoms with Crippen molar-refractivity contribution >= 4 is 46.4 Å². The van der Waals surface area contributed by atoms with Gasteiger partial charge in [-0.3, -0.25) is 19.3 Å². The van der Waals surface area contributed by atoms with Gasteiger partial charge in [-0.15, -0.1) is 0 Å². The van der Waals surface area contributed by atoms with Gasteiger partial charge in [-0.05, 0) is 55.5 Å². The van der Waals surface area contributed by atoms with E-state index >= 15 is 0 Å². The largest absolute Gasteiger partial charge is 0.484 e. The molecular formula is C25H22ClN3O4. The van der Waals surface area contributed by atoms with E-state index in [1.807, 2.05) is 19.1 Å². The first kappa shape index (κ1) is 22.4. The Bertz CT molecular complexity index is 1180. The Morgan fingerprint density at radius 1 is 1.03 bits per heavy atom. The molecule has 1 aliphatic heterocycles. The molecule has 1 heterocycles. The van der Waals surface area contributed by atoms with Gasteiger partial charge in [-0.25, -0.2) is 0 Å². The van der Waals surface area contributed by atoms with Crippen LogP contribution in [0.25, 0.3) is 0 Å². The van der Waals surface area contributed by atoms with Gasteiger partial charge >= 0.3 is 0 Å². The Morgan fingerprint density at radius 2 is 1.73 bits per heavy atom. The van der Waals surface area contributed by atoms with Gasteiger partial charge in [0, 0.05) is 10.7 Å². The molecule has 0 unspecified atom stereocenters.